The summed E-state index contributed by atoms with van der Waals surface area (Å²) in [5.41, 5.74) is 0.767. The van der Waals surface area contributed by atoms with Gasteiger partial charge in [0, 0.05) is 13.1 Å². The third-order valence-electron chi connectivity index (χ3n) is 3.35. The van der Waals surface area contributed by atoms with E-state index >= 15 is 0 Å². The Bertz CT molecular complexity index is 424. The standard InChI is InChI=1S/C12H16ClN3O/c1-12(2)3-5-16(6-4-12)11-9(7-17)10(13)14-8-15-11/h7-8H,3-6H2,1-2H3. The Labute approximate surface area is 106 Å². The second-order valence-electron chi connectivity index (χ2n) is 5.17. The van der Waals surface area contributed by atoms with Crippen molar-refractivity contribution >= 4 is 23.7 Å². The Kier molecular flexibility index (Phi) is 3.33. The van der Waals surface area contributed by atoms with Gasteiger partial charge in [0.2, 0.25) is 0 Å². The highest BCUT2D eigenvalue weighted by atomic mass is 35.5. The van der Waals surface area contributed by atoms with Crippen molar-refractivity contribution in [1.29, 1.82) is 0 Å². The van der Waals surface area contributed by atoms with E-state index in [2.05, 4.69) is 28.7 Å². The van der Waals surface area contributed by atoms with Gasteiger partial charge in [-0.2, -0.15) is 0 Å². The molecule has 1 aromatic heterocycles. The van der Waals surface area contributed by atoms with E-state index in [1.165, 1.54) is 6.33 Å². The topological polar surface area (TPSA) is 46.1 Å². The van der Waals surface area contributed by atoms with Gasteiger partial charge in [-0.05, 0) is 18.3 Å². The zero-order valence-corrected chi connectivity index (χ0v) is 10.9. The number of rotatable bonds is 2. The molecule has 0 atom stereocenters. The maximum absolute atomic E-state index is 11.0. The lowest BCUT2D eigenvalue weighted by Crippen LogP contribution is -2.38. The Morgan fingerprint density at radius 2 is 2.00 bits per heavy atom. The normalized spacial score (nSPS) is 19.1. The van der Waals surface area contributed by atoms with E-state index in [0.717, 1.165) is 32.2 Å². The Morgan fingerprint density at radius 1 is 1.35 bits per heavy atom. The summed E-state index contributed by atoms with van der Waals surface area (Å²) in [4.78, 5) is 21.2. The van der Waals surface area contributed by atoms with Crippen LogP contribution in [0, 0.1) is 5.41 Å². The number of piperidine rings is 1. The van der Waals surface area contributed by atoms with E-state index in [1.54, 1.807) is 0 Å². The maximum atomic E-state index is 11.0. The average Bonchev–Trinajstić information content (AvgIpc) is 2.29. The minimum absolute atomic E-state index is 0.231. The van der Waals surface area contributed by atoms with Crippen molar-refractivity contribution in [3.63, 3.8) is 0 Å². The van der Waals surface area contributed by atoms with Crippen molar-refractivity contribution in [3.05, 3.63) is 17.0 Å². The molecule has 0 spiro atoms. The van der Waals surface area contributed by atoms with Crippen LogP contribution in [0.3, 0.4) is 0 Å². The van der Waals surface area contributed by atoms with E-state index in [9.17, 15) is 4.79 Å². The molecular weight excluding hydrogens is 238 g/mol. The first-order valence-corrected chi connectivity index (χ1v) is 6.12. The zero-order chi connectivity index (χ0) is 12.5. The molecular formula is C12H16ClN3O. The first kappa shape index (κ1) is 12.3. The molecule has 1 aliphatic rings. The molecule has 0 aromatic carbocycles. The van der Waals surface area contributed by atoms with Crippen molar-refractivity contribution in [2.24, 2.45) is 5.41 Å². The number of aldehydes is 1. The largest absolute Gasteiger partial charge is 0.356 e. The van der Waals surface area contributed by atoms with Crippen LogP contribution >= 0.6 is 11.6 Å². The number of hydrogen-bond donors (Lipinski definition) is 0. The zero-order valence-electron chi connectivity index (χ0n) is 10.1. The molecule has 0 radical (unpaired) electrons. The summed E-state index contributed by atoms with van der Waals surface area (Å²) in [6, 6.07) is 0. The van der Waals surface area contributed by atoms with Crippen LogP contribution in [-0.4, -0.2) is 29.3 Å². The summed E-state index contributed by atoms with van der Waals surface area (Å²) in [7, 11) is 0. The van der Waals surface area contributed by atoms with Gasteiger partial charge in [0.15, 0.2) is 6.29 Å². The van der Waals surface area contributed by atoms with Gasteiger partial charge < -0.3 is 4.90 Å². The molecule has 1 aliphatic heterocycles. The minimum Gasteiger partial charge on any atom is -0.356 e. The summed E-state index contributed by atoms with van der Waals surface area (Å²) in [6.07, 6.45) is 4.32. The third kappa shape index (κ3) is 2.57. The van der Waals surface area contributed by atoms with Crippen LogP contribution in [0.2, 0.25) is 5.15 Å². The molecule has 17 heavy (non-hydrogen) atoms. The molecule has 0 saturated carbocycles. The molecule has 92 valence electrons. The number of carbonyl (C=O) groups excluding carboxylic acids is 1. The van der Waals surface area contributed by atoms with Gasteiger partial charge in [-0.1, -0.05) is 25.4 Å². The van der Waals surface area contributed by atoms with Gasteiger partial charge in [0.05, 0.1) is 5.56 Å². The monoisotopic (exact) mass is 253 g/mol. The third-order valence-corrected chi connectivity index (χ3v) is 3.65. The van der Waals surface area contributed by atoms with Crippen LogP contribution in [0.15, 0.2) is 6.33 Å². The molecule has 0 amide bonds. The van der Waals surface area contributed by atoms with Crippen LogP contribution in [0.25, 0.3) is 0 Å². The maximum Gasteiger partial charge on any atom is 0.156 e. The lowest BCUT2D eigenvalue weighted by molar-refractivity contribution is 0.112. The molecule has 0 unspecified atom stereocenters. The van der Waals surface area contributed by atoms with Crippen LogP contribution in [0.5, 0.6) is 0 Å². The predicted molar refractivity (Wildman–Crippen MR) is 67.7 cm³/mol. The predicted octanol–water partition coefficient (Wildman–Crippen LogP) is 2.57. The summed E-state index contributed by atoms with van der Waals surface area (Å²) in [6.45, 7) is 6.33. The molecule has 1 aromatic rings. The van der Waals surface area contributed by atoms with Gasteiger partial charge in [-0.15, -0.1) is 0 Å². The number of hydrogen-bond acceptors (Lipinski definition) is 4. The highest BCUT2D eigenvalue weighted by Crippen LogP contribution is 2.33. The van der Waals surface area contributed by atoms with Gasteiger partial charge in [0.25, 0.3) is 0 Å². The molecule has 1 saturated heterocycles. The molecule has 1 fully saturated rings. The molecule has 0 aliphatic carbocycles. The highest BCUT2D eigenvalue weighted by Gasteiger charge is 2.27. The van der Waals surface area contributed by atoms with E-state index in [4.69, 9.17) is 11.6 Å². The molecule has 0 N–H and O–H groups in total. The quantitative estimate of drug-likeness (QED) is 0.600. The Morgan fingerprint density at radius 3 is 2.59 bits per heavy atom. The van der Waals surface area contributed by atoms with Crippen molar-refractivity contribution < 1.29 is 4.79 Å². The summed E-state index contributed by atoms with van der Waals surface area (Å²) in [5, 5.41) is 0.231. The minimum atomic E-state index is 0.231. The van der Waals surface area contributed by atoms with Gasteiger partial charge >= 0.3 is 0 Å². The smallest absolute Gasteiger partial charge is 0.156 e. The van der Waals surface area contributed by atoms with E-state index < -0.39 is 0 Å². The second kappa shape index (κ2) is 4.61. The molecule has 2 heterocycles. The number of halogens is 1. The second-order valence-corrected chi connectivity index (χ2v) is 5.53. The molecule has 0 bridgehead atoms. The fourth-order valence-corrected chi connectivity index (χ4v) is 2.22. The van der Waals surface area contributed by atoms with Crippen molar-refractivity contribution in [2.45, 2.75) is 26.7 Å². The highest BCUT2D eigenvalue weighted by molar-refractivity contribution is 6.32. The number of aromatic nitrogens is 2. The molecule has 2 rings (SSSR count). The summed E-state index contributed by atoms with van der Waals surface area (Å²) in [5.74, 6) is 0.663. The van der Waals surface area contributed by atoms with E-state index in [-0.39, 0.29) is 5.15 Å². The summed E-state index contributed by atoms with van der Waals surface area (Å²) < 4.78 is 0. The van der Waals surface area contributed by atoms with Gasteiger partial charge in [0.1, 0.15) is 17.3 Å². The number of carbonyl (C=O) groups is 1. The fourth-order valence-electron chi connectivity index (χ4n) is 2.04. The van der Waals surface area contributed by atoms with E-state index in [0.29, 0.717) is 16.8 Å². The van der Waals surface area contributed by atoms with Crippen molar-refractivity contribution in [2.75, 3.05) is 18.0 Å². The van der Waals surface area contributed by atoms with Crippen LogP contribution in [0.1, 0.15) is 37.0 Å². The van der Waals surface area contributed by atoms with Crippen molar-refractivity contribution in [3.8, 4) is 0 Å². The first-order valence-electron chi connectivity index (χ1n) is 5.74. The van der Waals surface area contributed by atoms with Gasteiger partial charge in [-0.3, -0.25) is 4.79 Å². The Hall–Kier alpha value is -1.16. The summed E-state index contributed by atoms with van der Waals surface area (Å²) >= 11 is 5.90. The lowest BCUT2D eigenvalue weighted by atomic mass is 9.82. The molecule has 4 nitrogen and oxygen atoms in total. The number of anilines is 1. The van der Waals surface area contributed by atoms with Gasteiger partial charge in [-0.25, -0.2) is 9.97 Å². The number of nitrogens with zero attached hydrogens (tertiary/aromatic N) is 3. The van der Waals surface area contributed by atoms with Crippen LogP contribution in [-0.2, 0) is 0 Å². The van der Waals surface area contributed by atoms with Crippen LogP contribution in [0.4, 0.5) is 5.82 Å². The van der Waals surface area contributed by atoms with Crippen molar-refractivity contribution in [1.82, 2.24) is 9.97 Å². The fraction of sp³-hybridized carbons (Fsp3) is 0.583. The Balaban J connectivity index is 2.24. The first-order chi connectivity index (χ1) is 8.03. The average molecular weight is 254 g/mol. The lowest BCUT2D eigenvalue weighted by Gasteiger charge is -2.37. The SMILES string of the molecule is CC1(C)CCN(c2ncnc(Cl)c2C=O)CC1. The van der Waals surface area contributed by atoms with Crippen LogP contribution < -0.4 is 4.90 Å². The van der Waals surface area contributed by atoms with E-state index in [1.807, 2.05) is 0 Å². The molecule has 5 heteroatoms.